The van der Waals surface area contributed by atoms with Gasteiger partial charge in [0.1, 0.15) is 23.4 Å². The molecule has 2 fully saturated rings. The van der Waals surface area contributed by atoms with Gasteiger partial charge < -0.3 is 30.7 Å². The van der Waals surface area contributed by atoms with E-state index in [-0.39, 0.29) is 42.9 Å². The minimum absolute atomic E-state index is 0.0278. The van der Waals surface area contributed by atoms with Crippen LogP contribution in [0.25, 0.3) is 0 Å². The van der Waals surface area contributed by atoms with Gasteiger partial charge in [0.15, 0.2) is 0 Å². The zero-order chi connectivity index (χ0) is 28.1. The van der Waals surface area contributed by atoms with Gasteiger partial charge in [0.25, 0.3) is 5.91 Å². The van der Waals surface area contributed by atoms with Crippen LogP contribution in [0.4, 0.5) is 0 Å². The maximum absolute atomic E-state index is 13.2. The molecule has 0 unspecified atom stereocenters. The first-order valence-corrected chi connectivity index (χ1v) is 14.0. The second kappa shape index (κ2) is 12.3. The maximum atomic E-state index is 13.2. The topological polar surface area (TPSA) is 147 Å². The normalized spacial score (nSPS) is 18.2. The summed E-state index contributed by atoms with van der Waals surface area (Å²) >= 11 is 1.40. The fourth-order valence-corrected chi connectivity index (χ4v) is 5.29. The van der Waals surface area contributed by atoms with Crippen LogP contribution in [0.15, 0.2) is 66.0 Å². The summed E-state index contributed by atoms with van der Waals surface area (Å²) in [6.45, 7) is 0.320. The summed E-state index contributed by atoms with van der Waals surface area (Å²) in [4.78, 5) is 41.4. The molecule has 0 bridgehead atoms. The molecule has 1 aliphatic carbocycles. The monoisotopic (exact) mass is 561 g/mol. The minimum atomic E-state index is -0.699. The first-order chi connectivity index (χ1) is 19.4. The van der Waals surface area contributed by atoms with Crippen LogP contribution < -0.4 is 21.1 Å². The quantitative estimate of drug-likeness (QED) is 0.209. The van der Waals surface area contributed by atoms with Gasteiger partial charge in [-0.3, -0.25) is 19.8 Å². The third kappa shape index (κ3) is 7.04. The van der Waals surface area contributed by atoms with Crippen molar-refractivity contribution in [1.29, 1.82) is 5.41 Å². The molecule has 208 valence electrons. The highest BCUT2D eigenvalue weighted by Crippen LogP contribution is 2.30. The Balaban J connectivity index is 1.16. The Morgan fingerprint density at radius 1 is 0.975 bits per heavy atom. The standard InChI is InChI=1S/C29H31N5O5S/c30-27(31)19-12-24(40-17-19)14-32-29(37)25-13-23(39-22-10-11-22)16-34(25)26(35)15-33-28(36)18-6-8-21(9-7-18)38-20-4-2-1-3-5-20/h1-9,12,17,22-23,25H,10-11,13-16H2,(H3,30,31)(H,32,37)(H,33,36)/t23-,25+/m1/s1. The van der Waals surface area contributed by atoms with Gasteiger partial charge in [-0.25, -0.2) is 0 Å². The summed E-state index contributed by atoms with van der Waals surface area (Å²) in [6.07, 6.45) is 2.33. The van der Waals surface area contributed by atoms with Crippen molar-refractivity contribution in [2.45, 2.75) is 44.1 Å². The van der Waals surface area contributed by atoms with Gasteiger partial charge in [-0.05, 0) is 55.3 Å². The molecule has 2 heterocycles. The Labute approximate surface area is 236 Å². The van der Waals surface area contributed by atoms with E-state index in [2.05, 4.69) is 10.6 Å². The Morgan fingerprint density at radius 2 is 1.70 bits per heavy atom. The molecule has 11 heteroatoms. The number of para-hydroxylation sites is 1. The average molecular weight is 562 g/mol. The summed E-state index contributed by atoms with van der Waals surface area (Å²) < 4.78 is 11.8. The van der Waals surface area contributed by atoms with Gasteiger partial charge in [-0.1, -0.05) is 18.2 Å². The minimum Gasteiger partial charge on any atom is -0.457 e. The van der Waals surface area contributed by atoms with Crippen LogP contribution in [0.2, 0.25) is 0 Å². The van der Waals surface area contributed by atoms with Gasteiger partial charge in [0.05, 0.1) is 25.3 Å². The van der Waals surface area contributed by atoms with E-state index in [0.29, 0.717) is 35.6 Å². The second-order valence-corrected chi connectivity index (χ2v) is 10.8. The molecule has 40 heavy (non-hydrogen) atoms. The number of amidine groups is 1. The molecule has 3 amide bonds. The lowest BCUT2D eigenvalue weighted by molar-refractivity contribution is -0.137. The van der Waals surface area contributed by atoms with Gasteiger partial charge in [-0.2, -0.15) is 0 Å². The Bertz CT molecular complexity index is 1370. The van der Waals surface area contributed by atoms with E-state index >= 15 is 0 Å². The van der Waals surface area contributed by atoms with Gasteiger partial charge in [0.2, 0.25) is 11.8 Å². The molecule has 1 aliphatic heterocycles. The number of nitrogens with two attached hydrogens (primary N) is 1. The number of hydrogen-bond acceptors (Lipinski definition) is 7. The Kier molecular flexibility index (Phi) is 8.42. The van der Waals surface area contributed by atoms with Crippen LogP contribution >= 0.6 is 11.3 Å². The van der Waals surface area contributed by atoms with Crippen LogP contribution in [0, 0.1) is 5.41 Å². The predicted molar refractivity (Wildman–Crippen MR) is 150 cm³/mol. The molecule has 2 atom stereocenters. The molecular weight excluding hydrogens is 530 g/mol. The summed E-state index contributed by atoms with van der Waals surface area (Å²) in [7, 11) is 0. The van der Waals surface area contributed by atoms with Crippen molar-refractivity contribution in [3.63, 3.8) is 0 Å². The summed E-state index contributed by atoms with van der Waals surface area (Å²) in [5.74, 6) is 0.216. The number of carbonyl (C=O) groups is 3. The molecular formula is C29H31N5O5S. The van der Waals surface area contributed by atoms with Crippen molar-refractivity contribution in [2.75, 3.05) is 13.1 Å². The first kappa shape index (κ1) is 27.4. The molecule has 1 aromatic heterocycles. The number of likely N-dealkylation sites (tertiary alicyclic amines) is 1. The zero-order valence-electron chi connectivity index (χ0n) is 21.8. The fourth-order valence-electron chi connectivity index (χ4n) is 4.46. The molecule has 2 aliphatic rings. The summed E-state index contributed by atoms with van der Waals surface area (Å²) in [5.41, 5.74) is 6.52. The maximum Gasteiger partial charge on any atom is 0.251 e. The highest BCUT2D eigenvalue weighted by molar-refractivity contribution is 7.10. The van der Waals surface area contributed by atoms with E-state index in [0.717, 1.165) is 17.7 Å². The summed E-state index contributed by atoms with van der Waals surface area (Å²) in [5, 5.41) is 14.9. The number of carbonyl (C=O) groups excluding carboxylic acids is 3. The number of ether oxygens (including phenoxy) is 2. The van der Waals surface area contributed by atoms with Crippen molar-refractivity contribution in [3.8, 4) is 11.5 Å². The van der Waals surface area contributed by atoms with E-state index in [1.54, 1.807) is 35.7 Å². The highest BCUT2D eigenvalue weighted by Gasteiger charge is 2.42. The van der Waals surface area contributed by atoms with Gasteiger partial charge >= 0.3 is 0 Å². The Hall–Kier alpha value is -4.22. The number of nitrogen functional groups attached to an aromatic ring is 1. The molecule has 1 saturated heterocycles. The van der Waals surface area contributed by atoms with Crippen LogP contribution in [0.1, 0.15) is 40.1 Å². The number of amides is 3. The van der Waals surface area contributed by atoms with E-state index in [1.165, 1.54) is 16.2 Å². The number of nitrogens with zero attached hydrogens (tertiary/aromatic N) is 1. The lowest BCUT2D eigenvalue weighted by Crippen LogP contribution is -2.48. The van der Waals surface area contributed by atoms with Crippen LogP contribution in [0.3, 0.4) is 0 Å². The van der Waals surface area contributed by atoms with Crippen LogP contribution in [-0.2, 0) is 20.9 Å². The smallest absolute Gasteiger partial charge is 0.251 e. The third-order valence-corrected chi connectivity index (χ3v) is 7.63. The number of hydrogen-bond donors (Lipinski definition) is 4. The number of nitrogens with one attached hydrogen (secondary N) is 3. The molecule has 0 spiro atoms. The lowest BCUT2D eigenvalue weighted by atomic mass is 10.1. The molecule has 2 aromatic carbocycles. The fraction of sp³-hybridized carbons (Fsp3) is 0.310. The SMILES string of the molecule is N=C(N)c1csc(CNC(=O)[C@@H]2C[C@@H](OC3CC3)CN2C(=O)CNC(=O)c2ccc(Oc3ccccc3)cc2)c1. The molecule has 3 aromatic rings. The lowest BCUT2D eigenvalue weighted by Gasteiger charge is -2.24. The molecule has 5 N–H and O–H groups in total. The van der Waals surface area contributed by atoms with Crippen molar-refractivity contribution in [3.05, 3.63) is 82.0 Å². The van der Waals surface area contributed by atoms with E-state index in [1.807, 2.05) is 30.3 Å². The third-order valence-electron chi connectivity index (χ3n) is 6.69. The van der Waals surface area contributed by atoms with E-state index < -0.39 is 11.9 Å². The van der Waals surface area contributed by atoms with Gasteiger partial charge in [-0.15, -0.1) is 11.3 Å². The van der Waals surface area contributed by atoms with Gasteiger partial charge in [0, 0.05) is 34.3 Å². The summed E-state index contributed by atoms with van der Waals surface area (Å²) in [6, 6.07) is 17.0. The number of thiophene rings is 1. The van der Waals surface area contributed by atoms with Crippen molar-refractivity contribution < 1.29 is 23.9 Å². The molecule has 0 radical (unpaired) electrons. The van der Waals surface area contributed by atoms with E-state index in [9.17, 15) is 14.4 Å². The van der Waals surface area contributed by atoms with Crippen molar-refractivity contribution in [2.24, 2.45) is 5.73 Å². The van der Waals surface area contributed by atoms with Crippen molar-refractivity contribution in [1.82, 2.24) is 15.5 Å². The van der Waals surface area contributed by atoms with Crippen LogP contribution in [0.5, 0.6) is 11.5 Å². The van der Waals surface area contributed by atoms with Crippen LogP contribution in [-0.4, -0.2) is 59.8 Å². The number of benzene rings is 2. The van der Waals surface area contributed by atoms with E-state index in [4.69, 9.17) is 20.6 Å². The zero-order valence-corrected chi connectivity index (χ0v) is 22.6. The average Bonchev–Trinajstić information content (AvgIpc) is 3.46. The molecule has 5 rings (SSSR count). The second-order valence-electron chi connectivity index (χ2n) is 9.81. The Morgan fingerprint density at radius 3 is 2.38 bits per heavy atom. The highest BCUT2D eigenvalue weighted by atomic mass is 32.1. The molecule has 1 saturated carbocycles. The first-order valence-electron chi connectivity index (χ1n) is 13.1. The number of rotatable bonds is 11. The largest absolute Gasteiger partial charge is 0.457 e. The molecule has 10 nitrogen and oxygen atoms in total. The van der Waals surface area contributed by atoms with Crippen molar-refractivity contribution >= 4 is 34.9 Å². The predicted octanol–water partition coefficient (Wildman–Crippen LogP) is 3.02.